The average Bonchev–Trinajstić information content (AvgIpc) is 2.55. The molecule has 2 aromatic rings. The van der Waals surface area contributed by atoms with E-state index in [2.05, 4.69) is 0 Å². The van der Waals surface area contributed by atoms with Crippen molar-refractivity contribution in [2.75, 3.05) is 0 Å². The number of carbonyl (C=O) groups is 2. The number of halogens is 4. The minimum atomic E-state index is -1.10. The van der Waals surface area contributed by atoms with Crippen LogP contribution in [-0.2, 0) is 4.74 Å². The molecule has 2 rings (SSSR count). The first-order chi connectivity index (χ1) is 12.7. The summed E-state index contributed by atoms with van der Waals surface area (Å²) in [4.78, 5) is 22.1. The Balaban J connectivity index is 0.000000292. The molecule has 0 radical (unpaired) electrons. The Morgan fingerprint density at radius 3 is 1.64 bits per heavy atom. The fourth-order valence-electron chi connectivity index (χ4n) is 1.87. The minimum Gasteiger partial charge on any atom is -0.478 e. The number of rotatable bonds is 2. The van der Waals surface area contributed by atoms with Gasteiger partial charge in [-0.25, -0.2) is 18.4 Å². The van der Waals surface area contributed by atoms with Gasteiger partial charge >= 0.3 is 11.9 Å². The molecule has 0 saturated heterocycles. The monoisotopic (exact) mass is 616 g/mol. The van der Waals surface area contributed by atoms with E-state index >= 15 is 0 Å². The second-order valence-corrected chi connectivity index (χ2v) is 9.26. The third-order valence-corrected chi connectivity index (χ3v) is 5.68. The summed E-state index contributed by atoms with van der Waals surface area (Å²) in [5.74, 6) is -2.46. The summed E-state index contributed by atoms with van der Waals surface area (Å²) < 4.78 is 32.9. The van der Waals surface area contributed by atoms with Crippen LogP contribution in [0.1, 0.15) is 52.6 Å². The van der Waals surface area contributed by atoms with Crippen molar-refractivity contribution in [1.82, 2.24) is 0 Å². The number of aromatic carboxylic acids is 1. The first-order valence-electron chi connectivity index (χ1n) is 8.11. The molecule has 0 aliphatic carbocycles. The Labute approximate surface area is 189 Å². The van der Waals surface area contributed by atoms with Gasteiger partial charge in [-0.1, -0.05) is 0 Å². The van der Waals surface area contributed by atoms with Crippen LogP contribution in [0.3, 0.4) is 0 Å². The van der Waals surface area contributed by atoms with Crippen molar-refractivity contribution in [3.05, 3.63) is 65.3 Å². The molecule has 2 aromatic carbocycles. The molecule has 0 bridgehead atoms. The second-order valence-electron chi connectivity index (χ2n) is 6.94. The Morgan fingerprint density at radius 2 is 1.29 bits per heavy atom. The SMILES string of the molecule is Cc1c(F)cc(C(=O)O)cc1I.Cc1c(F)cc(C(=O)OC(C)(C)C)cc1I. The van der Waals surface area contributed by atoms with Gasteiger partial charge in [0.25, 0.3) is 0 Å². The highest BCUT2D eigenvalue weighted by Crippen LogP contribution is 2.20. The lowest BCUT2D eigenvalue weighted by Gasteiger charge is -2.19. The largest absolute Gasteiger partial charge is 0.478 e. The van der Waals surface area contributed by atoms with Crippen molar-refractivity contribution >= 4 is 57.1 Å². The molecule has 0 spiro atoms. The van der Waals surface area contributed by atoms with Gasteiger partial charge in [0, 0.05) is 7.14 Å². The van der Waals surface area contributed by atoms with Crippen LogP contribution in [0.4, 0.5) is 8.78 Å². The maximum absolute atomic E-state index is 13.4. The smallest absolute Gasteiger partial charge is 0.338 e. The molecule has 0 saturated carbocycles. The van der Waals surface area contributed by atoms with Gasteiger partial charge in [0.05, 0.1) is 11.1 Å². The zero-order valence-corrected chi connectivity index (χ0v) is 20.3. The summed E-state index contributed by atoms with van der Waals surface area (Å²) in [5, 5.41) is 8.55. The Kier molecular flexibility index (Phi) is 8.79. The molecule has 0 unspecified atom stereocenters. The molecule has 0 heterocycles. The third kappa shape index (κ3) is 7.26. The molecule has 8 heteroatoms. The van der Waals surface area contributed by atoms with Gasteiger partial charge in [-0.15, -0.1) is 0 Å². The van der Waals surface area contributed by atoms with E-state index in [9.17, 15) is 18.4 Å². The molecule has 0 aromatic heterocycles. The zero-order chi connectivity index (χ0) is 21.8. The molecule has 0 aliphatic rings. The predicted octanol–water partition coefficient (Wildman–Crippen LogP) is 6.13. The number of hydrogen-bond acceptors (Lipinski definition) is 3. The van der Waals surface area contributed by atoms with Gasteiger partial charge in [0.15, 0.2) is 0 Å². The Hall–Kier alpha value is -1.30. The van der Waals surface area contributed by atoms with E-state index in [1.807, 2.05) is 45.2 Å². The Morgan fingerprint density at radius 1 is 0.893 bits per heavy atom. The van der Waals surface area contributed by atoms with Crippen molar-refractivity contribution in [2.24, 2.45) is 0 Å². The van der Waals surface area contributed by atoms with E-state index in [1.54, 1.807) is 40.7 Å². The van der Waals surface area contributed by atoms with Crippen LogP contribution in [0, 0.1) is 32.6 Å². The first kappa shape index (κ1) is 24.7. The number of benzene rings is 2. The minimum absolute atomic E-state index is 0.0116. The van der Waals surface area contributed by atoms with E-state index in [4.69, 9.17) is 9.84 Å². The van der Waals surface area contributed by atoms with Gasteiger partial charge in [-0.05, 0) is 115 Å². The summed E-state index contributed by atoms with van der Waals surface area (Å²) >= 11 is 3.90. The molecular weight excluding hydrogens is 596 g/mol. The quantitative estimate of drug-likeness (QED) is 0.326. The molecule has 0 atom stereocenters. The van der Waals surface area contributed by atoms with Crippen molar-refractivity contribution in [1.29, 1.82) is 0 Å². The lowest BCUT2D eigenvalue weighted by atomic mass is 10.1. The summed E-state index contributed by atoms with van der Waals surface area (Å²) in [6.07, 6.45) is 0. The highest BCUT2D eigenvalue weighted by Gasteiger charge is 2.19. The standard InChI is InChI=1S/C12H14FIO2.C8H6FIO2/c1-7-9(13)5-8(6-10(7)14)11(15)16-12(2,3)4;1-4-6(9)2-5(8(11)12)3-7(4)10/h5-6H,1-4H3;2-3H,1H3,(H,11,12). The lowest BCUT2D eigenvalue weighted by molar-refractivity contribution is 0.00687. The maximum Gasteiger partial charge on any atom is 0.338 e. The third-order valence-electron chi connectivity index (χ3n) is 3.44. The molecular formula is C20H20F2I2O4. The van der Waals surface area contributed by atoms with Crippen molar-refractivity contribution in [2.45, 2.75) is 40.2 Å². The van der Waals surface area contributed by atoms with Gasteiger partial charge in [0.1, 0.15) is 17.2 Å². The van der Waals surface area contributed by atoms with E-state index in [0.717, 1.165) is 9.64 Å². The second kappa shape index (κ2) is 9.95. The number of carboxylic acids is 1. The van der Waals surface area contributed by atoms with Gasteiger partial charge in [-0.2, -0.15) is 0 Å². The molecule has 4 nitrogen and oxygen atoms in total. The predicted molar refractivity (Wildman–Crippen MR) is 120 cm³/mol. The first-order valence-corrected chi connectivity index (χ1v) is 10.3. The average molecular weight is 616 g/mol. The topological polar surface area (TPSA) is 63.6 Å². The van der Waals surface area contributed by atoms with E-state index < -0.39 is 23.4 Å². The van der Waals surface area contributed by atoms with E-state index in [0.29, 0.717) is 14.7 Å². The number of esters is 1. The van der Waals surface area contributed by atoms with Crippen LogP contribution in [0.15, 0.2) is 24.3 Å². The van der Waals surface area contributed by atoms with Gasteiger partial charge in [0.2, 0.25) is 0 Å². The lowest BCUT2D eigenvalue weighted by Crippen LogP contribution is -2.24. The Bertz CT molecular complexity index is 860. The summed E-state index contributed by atoms with van der Waals surface area (Å²) in [6.45, 7) is 8.62. The normalized spacial score (nSPS) is 10.8. The van der Waals surface area contributed by atoms with Gasteiger partial charge in [-0.3, -0.25) is 0 Å². The molecule has 1 N–H and O–H groups in total. The molecule has 0 amide bonds. The summed E-state index contributed by atoms with van der Waals surface area (Å²) in [5.41, 5.74) is 0.711. The highest BCUT2D eigenvalue weighted by atomic mass is 127. The number of carboxylic acid groups (broad SMARTS) is 1. The fraction of sp³-hybridized carbons (Fsp3) is 0.300. The maximum atomic E-state index is 13.4. The number of carbonyl (C=O) groups excluding carboxylic acids is 1. The summed E-state index contributed by atoms with van der Waals surface area (Å²) in [6, 6.07) is 5.32. The van der Waals surface area contributed by atoms with Gasteiger partial charge < -0.3 is 9.84 Å². The van der Waals surface area contributed by atoms with E-state index in [-0.39, 0.29) is 16.9 Å². The number of ether oxygens (including phenoxy) is 1. The van der Waals surface area contributed by atoms with Crippen LogP contribution in [0.25, 0.3) is 0 Å². The van der Waals surface area contributed by atoms with Crippen LogP contribution >= 0.6 is 45.2 Å². The van der Waals surface area contributed by atoms with Crippen molar-refractivity contribution < 1.29 is 28.2 Å². The van der Waals surface area contributed by atoms with E-state index in [1.165, 1.54) is 12.1 Å². The molecule has 0 fully saturated rings. The van der Waals surface area contributed by atoms with Crippen LogP contribution < -0.4 is 0 Å². The van der Waals surface area contributed by atoms with Crippen molar-refractivity contribution in [3.8, 4) is 0 Å². The molecule has 0 aliphatic heterocycles. The van der Waals surface area contributed by atoms with Crippen LogP contribution in [0.5, 0.6) is 0 Å². The van der Waals surface area contributed by atoms with Crippen LogP contribution in [-0.4, -0.2) is 22.6 Å². The summed E-state index contributed by atoms with van der Waals surface area (Å²) in [7, 11) is 0. The zero-order valence-electron chi connectivity index (χ0n) is 16.0. The number of hydrogen-bond donors (Lipinski definition) is 1. The van der Waals surface area contributed by atoms with Crippen LogP contribution in [0.2, 0.25) is 0 Å². The molecule has 28 heavy (non-hydrogen) atoms. The van der Waals surface area contributed by atoms with Crippen molar-refractivity contribution in [3.63, 3.8) is 0 Å². The molecule has 152 valence electrons. The highest BCUT2D eigenvalue weighted by molar-refractivity contribution is 14.1. The fourth-order valence-corrected chi connectivity index (χ4v) is 3.06.